The van der Waals surface area contributed by atoms with Crippen LogP contribution in [0.2, 0.25) is 0 Å². The fourth-order valence-electron chi connectivity index (χ4n) is 5.96. The van der Waals surface area contributed by atoms with Gasteiger partial charge in [-0.05, 0) is 151 Å². The number of thiophene rings is 2. The van der Waals surface area contributed by atoms with E-state index in [4.69, 9.17) is 10.7 Å². The van der Waals surface area contributed by atoms with E-state index in [1.165, 1.54) is 40.2 Å². The van der Waals surface area contributed by atoms with E-state index >= 15 is 0 Å². The molecule has 0 fully saturated rings. The molecule has 8 rings (SSSR count). The summed E-state index contributed by atoms with van der Waals surface area (Å²) in [6.07, 6.45) is -7.14. The second-order valence-corrected chi connectivity index (χ2v) is 22.2. The number of sulfonamides is 1. The first-order chi connectivity index (χ1) is 26.7. The lowest BCUT2D eigenvalue weighted by Gasteiger charge is -2.18. The molecule has 6 nitrogen and oxygen atoms in total. The molecular weight excluding hydrogens is 986 g/mol. The molecule has 6 aromatic rings. The molecule has 2 aliphatic rings. The van der Waals surface area contributed by atoms with Crippen molar-refractivity contribution >= 4 is 95.7 Å². The van der Waals surface area contributed by atoms with Gasteiger partial charge >= 0.3 is 12.4 Å². The fraction of sp³-hybridized carbons (Fsp3) is 0.158. The first-order valence-corrected chi connectivity index (χ1v) is 23.5. The number of hydrogen-bond acceptors (Lipinski definition) is 7. The highest BCUT2D eigenvalue weighted by Gasteiger charge is 2.33. The molecule has 0 spiro atoms. The van der Waals surface area contributed by atoms with E-state index in [-0.39, 0.29) is 8.42 Å². The minimum Gasteiger partial charge on any atom is -0.384 e. The third-order valence-electron chi connectivity index (χ3n) is 8.72. The van der Waals surface area contributed by atoms with Gasteiger partial charge in [-0.25, -0.2) is 16.8 Å². The number of halogens is 9. The van der Waals surface area contributed by atoms with Crippen LogP contribution < -0.4 is 9.62 Å². The zero-order valence-electron chi connectivity index (χ0n) is 28.8. The summed E-state index contributed by atoms with van der Waals surface area (Å²) in [5.74, 6) is 0. The van der Waals surface area contributed by atoms with Crippen molar-refractivity contribution in [2.45, 2.75) is 33.6 Å². The second-order valence-electron chi connectivity index (χ2n) is 12.4. The van der Waals surface area contributed by atoms with Gasteiger partial charge in [0.2, 0.25) is 0 Å². The number of rotatable bonds is 5. The Kier molecular flexibility index (Phi) is 12.9. The summed E-state index contributed by atoms with van der Waals surface area (Å²) < 4.78 is 126. The van der Waals surface area contributed by atoms with Crippen LogP contribution in [0.15, 0.2) is 125 Å². The lowest BCUT2D eigenvalue weighted by molar-refractivity contribution is -0.138. The molecule has 4 aromatic carbocycles. The summed E-state index contributed by atoms with van der Waals surface area (Å²) in [7, 11) is -2.12. The fourth-order valence-corrected chi connectivity index (χ4v) is 12.4. The number of nitrogens with one attached hydrogen (secondary N) is 1. The Labute approximate surface area is 353 Å². The quantitative estimate of drug-likeness (QED) is 0.137. The van der Waals surface area contributed by atoms with Gasteiger partial charge in [-0.15, -0.1) is 22.7 Å². The third kappa shape index (κ3) is 10.4. The van der Waals surface area contributed by atoms with Crippen molar-refractivity contribution in [3.8, 4) is 22.3 Å². The van der Waals surface area contributed by atoms with Gasteiger partial charge < -0.3 is 5.32 Å². The highest BCUT2D eigenvalue weighted by Crippen LogP contribution is 2.39. The van der Waals surface area contributed by atoms with Gasteiger partial charge in [-0.2, -0.15) is 26.3 Å². The number of alkyl halides is 6. The average Bonchev–Trinajstić information content (AvgIpc) is 3.98. The highest BCUT2D eigenvalue weighted by atomic mass is 79.9. The first kappa shape index (κ1) is 43.2. The van der Waals surface area contributed by atoms with E-state index in [1.54, 1.807) is 30.3 Å². The van der Waals surface area contributed by atoms with E-state index in [2.05, 4.69) is 37.2 Å². The van der Waals surface area contributed by atoms with E-state index in [9.17, 15) is 43.2 Å². The van der Waals surface area contributed by atoms with Crippen LogP contribution in [0.25, 0.3) is 22.3 Å². The molecule has 0 amide bonds. The maximum atomic E-state index is 12.9. The number of fused-ring (bicyclic) bond motifs is 2. The standard InChI is InChI=1S/C19H13BrF3NO2S2.C15H12F3N.C4H2BrClO2S2/c20-17-7-8-18(27-17)28(25,26)24-10-9-14-11-13(3-6-16(14)24)12-1-4-15(5-2-12)19(21,22)23;16-15(17,18)13-4-1-10(2-5-13)11-3-6-14-12(9-11)7-8-19-14;5-3-1-2-4(9-3)10(6,7)8/h1-8,11H,9-10H2;1-6,9,19H,7-8H2;1-2H. The Morgan fingerprint density at radius 3 is 1.53 bits per heavy atom. The Bertz CT molecular complexity index is 2620. The van der Waals surface area contributed by atoms with Gasteiger partial charge in [-0.3, -0.25) is 4.31 Å². The third-order valence-corrected chi connectivity index (χ3v) is 16.3. The normalized spacial score (nSPS) is 13.8. The summed E-state index contributed by atoms with van der Waals surface area (Å²) in [5.41, 5.74) is 5.67. The average molecular weight is 1010 g/mol. The van der Waals surface area contributed by atoms with Gasteiger partial charge in [0.25, 0.3) is 19.1 Å². The maximum absolute atomic E-state index is 12.9. The summed E-state index contributed by atoms with van der Waals surface area (Å²) in [4.78, 5) is 0. The second kappa shape index (κ2) is 17.1. The molecule has 0 saturated carbocycles. The van der Waals surface area contributed by atoms with E-state index < -0.39 is 42.6 Å². The lowest BCUT2D eigenvalue weighted by atomic mass is 10.0. The molecule has 4 heterocycles. The molecule has 0 atom stereocenters. The monoisotopic (exact) mass is 1010 g/mol. The molecule has 57 heavy (non-hydrogen) atoms. The number of nitrogens with zero attached hydrogens (tertiary/aromatic N) is 1. The molecule has 300 valence electrons. The molecule has 0 radical (unpaired) electrons. The molecule has 1 N–H and O–H groups in total. The van der Waals surface area contributed by atoms with Crippen LogP contribution in [0, 0.1) is 0 Å². The number of hydrogen-bond donors (Lipinski definition) is 1. The van der Waals surface area contributed by atoms with E-state index in [0.29, 0.717) is 24.2 Å². The molecular formula is C38H27Br2ClF6N2O4S4. The molecule has 2 aliphatic heterocycles. The van der Waals surface area contributed by atoms with Crippen LogP contribution >= 0.6 is 65.2 Å². The zero-order valence-corrected chi connectivity index (χ0v) is 36.0. The van der Waals surface area contributed by atoms with Crippen molar-refractivity contribution in [3.05, 3.63) is 139 Å². The molecule has 0 saturated heterocycles. The first-order valence-electron chi connectivity index (χ1n) is 16.5. The smallest absolute Gasteiger partial charge is 0.384 e. The Hall–Kier alpha value is -3.39. The lowest BCUT2D eigenvalue weighted by Crippen LogP contribution is -2.28. The Balaban J connectivity index is 0.000000162. The van der Waals surface area contributed by atoms with Crippen molar-refractivity contribution < 1.29 is 43.2 Å². The SMILES string of the molecule is FC(F)(F)c1ccc(-c2ccc3c(c2)CCN3)cc1.O=S(=O)(Cl)c1ccc(Br)s1.O=S(=O)(c1ccc(Br)s1)N1CCc2cc(-c3ccc(C(F)(F)F)cc3)ccc21. The predicted molar refractivity (Wildman–Crippen MR) is 221 cm³/mol. The van der Waals surface area contributed by atoms with Crippen molar-refractivity contribution in [2.24, 2.45) is 0 Å². The van der Waals surface area contributed by atoms with Crippen molar-refractivity contribution in [3.63, 3.8) is 0 Å². The Morgan fingerprint density at radius 2 is 1.07 bits per heavy atom. The van der Waals surface area contributed by atoms with Crippen LogP contribution in [0.4, 0.5) is 37.7 Å². The summed E-state index contributed by atoms with van der Waals surface area (Å²) >= 11 is 8.65. The van der Waals surface area contributed by atoms with Crippen LogP contribution in [0.1, 0.15) is 22.3 Å². The number of anilines is 2. The summed E-state index contributed by atoms with van der Waals surface area (Å²) in [6, 6.07) is 27.9. The predicted octanol–water partition coefficient (Wildman–Crippen LogP) is 12.7. The van der Waals surface area contributed by atoms with Crippen LogP contribution in [-0.4, -0.2) is 29.9 Å². The van der Waals surface area contributed by atoms with Gasteiger partial charge in [0.05, 0.1) is 24.4 Å². The highest BCUT2D eigenvalue weighted by molar-refractivity contribution is 9.11. The van der Waals surface area contributed by atoms with Crippen molar-refractivity contribution in [2.75, 3.05) is 22.7 Å². The minimum absolute atomic E-state index is 0.168. The van der Waals surface area contributed by atoms with Gasteiger partial charge in [0.1, 0.15) is 8.42 Å². The Morgan fingerprint density at radius 1 is 0.596 bits per heavy atom. The zero-order chi connectivity index (χ0) is 41.3. The molecule has 0 aliphatic carbocycles. The van der Waals surface area contributed by atoms with Gasteiger partial charge in [0, 0.05) is 29.5 Å². The largest absolute Gasteiger partial charge is 0.416 e. The molecule has 0 bridgehead atoms. The van der Waals surface area contributed by atoms with Gasteiger partial charge in [-0.1, -0.05) is 36.4 Å². The summed E-state index contributed by atoms with van der Waals surface area (Å²) in [5, 5.41) is 3.26. The minimum atomic E-state index is -4.37. The maximum Gasteiger partial charge on any atom is 0.416 e. The molecule has 2 aromatic heterocycles. The van der Waals surface area contributed by atoms with Crippen LogP contribution in [-0.2, 0) is 44.3 Å². The summed E-state index contributed by atoms with van der Waals surface area (Å²) in [6.45, 7) is 1.26. The number of benzene rings is 4. The van der Waals surface area contributed by atoms with Crippen molar-refractivity contribution in [1.82, 2.24) is 0 Å². The van der Waals surface area contributed by atoms with E-state index in [0.717, 1.165) is 95.4 Å². The van der Waals surface area contributed by atoms with E-state index in [1.807, 2.05) is 24.3 Å². The molecule has 19 heteroatoms. The van der Waals surface area contributed by atoms with Crippen molar-refractivity contribution in [1.29, 1.82) is 0 Å². The van der Waals surface area contributed by atoms with Crippen LogP contribution in [0.3, 0.4) is 0 Å². The van der Waals surface area contributed by atoms with Gasteiger partial charge in [0.15, 0.2) is 0 Å². The van der Waals surface area contributed by atoms with Crippen LogP contribution in [0.5, 0.6) is 0 Å². The topological polar surface area (TPSA) is 83.5 Å². The molecule has 0 unspecified atom stereocenters.